The fourth-order valence-electron chi connectivity index (χ4n) is 3.02. The molecule has 0 N–H and O–H groups in total. The Balaban J connectivity index is 1.78. The molecule has 0 aromatic heterocycles. The molecule has 2 rings (SSSR count). The summed E-state index contributed by atoms with van der Waals surface area (Å²) in [5.41, 5.74) is 0. The summed E-state index contributed by atoms with van der Waals surface area (Å²) in [6, 6.07) is 0. The zero-order valence-corrected chi connectivity index (χ0v) is 13.4. The first-order valence-corrected chi connectivity index (χ1v) is 7.99. The predicted molar refractivity (Wildman–Crippen MR) is 80.2 cm³/mol. The number of amides is 3. The summed E-state index contributed by atoms with van der Waals surface area (Å²) in [4.78, 5) is 40.8. The van der Waals surface area contributed by atoms with E-state index in [2.05, 4.69) is 0 Å². The van der Waals surface area contributed by atoms with Crippen LogP contribution < -0.4 is 0 Å². The highest BCUT2D eigenvalue weighted by atomic mass is 16.6. The smallest absolute Gasteiger partial charge is 0.409 e. The maximum Gasteiger partial charge on any atom is 0.409 e. The molecule has 0 aromatic carbocycles. The molecule has 0 aliphatic carbocycles. The van der Waals surface area contributed by atoms with Gasteiger partial charge in [0, 0.05) is 52.1 Å². The van der Waals surface area contributed by atoms with Gasteiger partial charge in [0.05, 0.1) is 6.61 Å². The first-order chi connectivity index (χ1) is 10.5. The standard InChI is InChI=1S/C15H25N3O4/c1-3-22-15(21)18-6-4-13(5-7-18)14(20)17-10-8-16(9-11-17)12(2)19/h13H,3-11H2,1-2H3. The molecular weight excluding hydrogens is 286 g/mol. The Labute approximate surface area is 131 Å². The number of piperidine rings is 1. The van der Waals surface area contributed by atoms with Crippen LogP contribution in [0.15, 0.2) is 0 Å². The summed E-state index contributed by atoms with van der Waals surface area (Å²) >= 11 is 0. The SMILES string of the molecule is CCOC(=O)N1CCC(C(=O)N2CCN(C(C)=O)CC2)CC1. The molecule has 2 heterocycles. The van der Waals surface area contributed by atoms with Crippen LogP contribution in [-0.4, -0.2) is 78.5 Å². The lowest BCUT2D eigenvalue weighted by atomic mass is 9.95. The lowest BCUT2D eigenvalue weighted by Gasteiger charge is -2.38. The minimum absolute atomic E-state index is 0.0189. The number of piperazine rings is 1. The van der Waals surface area contributed by atoms with Crippen molar-refractivity contribution in [3.8, 4) is 0 Å². The zero-order chi connectivity index (χ0) is 16.1. The highest BCUT2D eigenvalue weighted by molar-refractivity contribution is 5.80. The second-order valence-corrected chi connectivity index (χ2v) is 5.79. The highest BCUT2D eigenvalue weighted by Gasteiger charge is 2.32. The molecule has 0 aromatic rings. The number of carbonyl (C=O) groups is 3. The van der Waals surface area contributed by atoms with Crippen molar-refractivity contribution >= 4 is 17.9 Å². The summed E-state index contributed by atoms with van der Waals surface area (Å²) in [5.74, 6) is 0.205. The summed E-state index contributed by atoms with van der Waals surface area (Å²) < 4.78 is 4.98. The van der Waals surface area contributed by atoms with Crippen molar-refractivity contribution in [2.24, 2.45) is 5.92 Å². The number of carbonyl (C=O) groups excluding carboxylic acids is 3. The van der Waals surface area contributed by atoms with Crippen molar-refractivity contribution in [3.63, 3.8) is 0 Å². The lowest BCUT2D eigenvalue weighted by molar-refractivity contribution is -0.142. The topological polar surface area (TPSA) is 70.2 Å². The van der Waals surface area contributed by atoms with E-state index >= 15 is 0 Å². The zero-order valence-electron chi connectivity index (χ0n) is 13.4. The Morgan fingerprint density at radius 2 is 1.45 bits per heavy atom. The number of nitrogens with zero attached hydrogens (tertiary/aromatic N) is 3. The van der Waals surface area contributed by atoms with Gasteiger partial charge in [-0.25, -0.2) is 4.79 Å². The maximum atomic E-state index is 12.5. The van der Waals surface area contributed by atoms with Crippen LogP contribution in [0.2, 0.25) is 0 Å². The number of likely N-dealkylation sites (tertiary alicyclic amines) is 1. The lowest BCUT2D eigenvalue weighted by Crippen LogP contribution is -2.52. The van der Waals surface area contributed by atoms with E-state index in [0.29, 0.717) is 58.7 Å². The Kier molecular flexibility index (Phi) is 5.63. The molecule has 0 atom stereocenters. The summed E-state index contributed by atoms with van der Waals surface area (Å²) in [5, 5.41) is 0. The molecule has 2 aliphatic heterocycles. The molecule has 124 valence electrons. The van der Waals surface area contributed by atoms with Crippen molar-refractivity contribution in [1.82, 2.24) is 14.7 Å². The van der Waals surface area contributed by atoms with Crippen LogP contribution in [0, 0.1) is 5.92 Å². The summed E-state index contributed by atoms with van der Waals surface area (Å²) in [6.45, 7) is 7.30. The van der Waals surface area contributed by atoms with Crippen LogP contribution in [0.3, 0.4) is 0 Å². The van der Waals surface area contributed by atoms with Crippen LogP contribution >= 0.6 is 0 Å². The second kappa shape index (κ2) is 7.47. The van der Waals surface area contributed by atoms with Crippen molar-refractivity contribution in [1.29, 1.82) is 0 Å². The summed E-state index contributed by atoms with van der Waals surface area (Å²) in [6.07, 6.45) is 1.08. The van der Waals surface area contributed by atoms with Crippen molar-refractivity contribution in [2.75, 3.05) is 45.9 Å². The summed E-state index contributed by atoms with van der Waals surface area (Å²) in [7, 11) is 0. The fraction of sp³-hybridized carbons (Fsp3) is 0.800. The monoisotopic (exact) mass is 311 g/mol. The van der Waals surface area contributed by atoms with E-state index in [9.17, 15) is 14.4 Å². The van der Waals surface area contributed by atoms with Crippen molar-refractivity contribution in [2.45, 2.75) is 26.7 Å². The Morgan fingerprint density at radius 1 is 0.909 bits per heavy atom. The molecule has 2 aliphatic rings. The van der Waals surface area contributed by atoms with Gasteiger partial charge in [-0.1, -0.05) is 0 Å². The molecular formula is C15H25N3O4. The van der Waals surface area contributed by atoms with E-state index in [1.807, 2.05) is 4.90 Å². The number of ether oxygens (including phenoxy) is 1. The number of rotatable bonds is 2. The van der Waals surface area contributed by atoms with Gasteiger partial charge in [0.15, 0.2) is 0 Å². The van der Waals surface area contributed by atoms with E-state index in [1.165, 1.54) is 0 Å². The van der Waals surface area contributed by atoms with Crippen LogP contribution in [0.25, 0.3) is 0 Å². The van der Waals surface area contributed by atoms with Crippen LogP contribution in [0.5, 0.6) is 0 Å². The van der Waals surface area contributed by atoms with Gasteiger partial charge in [-0.3, -0.25) is 9.59 Å². The van der Waals surface area contributed by atoms with Gasteiger partial charge in [0.1, 0.15) is 0 Å². The largest absolute Gasteiger partial charge is 0.450 e. The third-order valence-electron chi connectivity index (χ3n) is 4.41. The van der Waals surface area contributed by atoms with Gasteiger partial charge < -0.3 is 19.4 Å². The van der Waals surface area contributed by atoms with Gasteiger partial charge in [-0.15, -0.1) is 0 Å². The molecule has 0 radical (unpaired) electrons. The third-order valence-corrected chi connectivity index (χ3v) is 4.41. The van der Waals surface area contributed by atoms with Gasteiger partial charge in [-0.05, 0) is 19.8 Å². The van der Waals surface area contributed by atoms with Crippen LogP contribution in [0.4, 0.5) is 4.79 Å². The van der Waals surface area contributed by atoms with Gasteiger partial charge in [-0.2, -0.15) is 0 Å². The van der Waals surface area contributed by atoms with Gasteiger partial charge in [0.25, 0.3) is 0 Å². The van der Waals surface area contributed by atoms with Crippen molar-refractivity contribution in [3.05, 3.63) is 0 Å². The van der Waals surface area contributed by atoms with E-state index < -0.39 is 0 Å². The molecule has 7 nitrogen and oxygen atoms in total. The molecule has 2 fully saturated rings. The number of hydrogen-bond donors (Lipinski definition) is 0. The molecule has 7 heteroatoms. The maximum absolute atomic E-state index is 12.5. The second-order valence-electron chi connectivity index (χ2n) is 5.79. The molecule has 0 saturated carbocycles. The molecule has 0 unspecified atom stereocenters. The quantitative estimate of drug-likeness (QED) is 0.746. The van der Waals surface area contributed by atoms with Gasteiger partial charge >= 0.3 is 6.09 Å². The molecule has 0 bridgehead atoms. The van der Waals surface area contributed by atoms with Gasteiger partial charge in [0.2, 0.25) is 11.8 Å². The van der Waals surface area contributed by atoms with E-state index in [0.717, 1.165) is 0 Å². The normalized spacial score (nSPS) is 20.0. The van der Waals surface area contributed by atoms with E-state index in [1.54, 1.807) is 23.6 Å². The Bertz CT molecular complexity index is 425. The fourth-order valence-corrected chi connectivity index (χ4v) is 3.02. The highest BCUT2D eigenvalue weighted by Crippen LogP contribution is 2.21. The van der Waals surface area contributed by atoms with E-state index in [-0.39, 0.29) is 23.8 Å². The Morgan fingerprint density at radius 3 is 1.95 bits per heavy atom. The molecule has 3 amide bonds. The average molecular weight is 311 g/mol. The minimum Gasteiger partial charge on any atom is -0.450 e. The van der Waals surface area contributed by atoms with Crippen LogP contribution in [-0.2, 0) is 14.3 Å². The van der Waals surface area contributed by atoms with Crippen LogP contribution in [0.1, 0.15) is 26.7 Å². The minimum atomic E-state index is -0.288. The van der Waals surface area contributed by atoms with E-state index in [4.69, 9.17) is 4.74 Å². The average Bonchev–Trinajstić information content (AvgIpc) is 2.54. The Hall–Kier alpha value is -1.79. The molecule has 22 heavy (non-hydrogen) atoms. The predicted octanol–water partition coefficient (Wildman–Crippen LogP) is 0.546. The first-order valence-electron chi connectivity index (χ1n) is 7.99. The molecule has 0 spiro atoms. The number of hydrogen-bond acceptors (Lipinski definition) is 4. The first kappa shape index (κ1) is 16.6. The molecule has 2 saturated heterocycles. The van der Waals surface area contributed by atoms with Crippen molar-refractivity contribution < 1.29 is 19.1 Å². The third kappa shape index (κ3) is 3.90.